The molecule has 0 fully saturated rings. The van der Waals surface area contributed by atoms with Gasteiger partial charge in [-0.2, -0.15) is 5.10 Å². The highest BCUT2D eigenvalue weighted by atomic mass is 19.1. The van der Waals surface area contributed by atoms with Crippen LogP contribution in [0.2, 0.25) is 0 Å². The topological polar surface area (TPSA) is 77.6 Å². The second kappa shape index (κ2) is 9.34. The maximum atomic E-state index is 13.5. The maximum absolute atomic E-state index is 13.5. The van der Waals surface area contributed by atoms with Crippen molar-refractivity contribution in [1.82, 2.24) is 24.3 Å². The molecule has 0 spiro atoms. The number of imidazole rings is 1. The standard InChI is InChI=1S/C27H23FN6O/c1-18-14-19(2)34(32-18)24-13-10-22(15-29-24)27(35)31-26-25(21-8-11-23(28)12-9-21)30-17-33(26)16-20-6-4-3-5-7-20/h3-15,17H,16H2,1-2H3,(H,31,35). The van der Waals surface area contributed by atoms with Crippen LogP contribution in [0.5, 0.6) is 0 Å². The summed E-state index contributed by atoms with van der Waals surface area (Å²) < 4.78 is 17.1. The first-order chi connectivity index (χ1) is 17.0. The average Bonchev–Trinajstić information content (AvgIpc) is 3.42. The van der Waals surface area contributed by atoms with E-state index < -0.39 is 0 Å². The molecule has 0 atom stereocenters. The van der Waals surface area contributed by atoms with Gasteiger partial charge in [0.25, 0.3) is 5.91 Å². The van der Waals surface area contributed by atoms with Gasteiger partial charge in [-0.05, 0) is 61.9 Å². The average molecular weight is 467 g/mol. The Hall–Kier alpha value is -4.59. The van der Waals surface area contributed by atoms with E-state index in [0.29, 0.717) is 35.0 Å². The molecule has 0 saturated carbocycles. The summed E-state index contributed by atoms with van der Waals surface area (Å²) in [5, 5.41) is 7.42. The van der Waals surface area contributed by atoms with Crippen LogP contribution in [-0.2, 0) is 6.54 Å². The van der Waals surface area contributed by atoms with Gasteiger partial charge < -0.3 is 9.88 Å². The van der Waals surface area contributed by atoms with Gasteiger partial charge in [-0.1, -0.05) is 30.3 Å². The predicted molar refractivity (Wildman–Crippen MR) is 132 cm³/mol. The van der Waals surface area contributed by atoms with Gasteiger partial charge in [0.05, 0.1) is 24.1 Å². The molecule has 174 valence electrons. The summed E-state index contributed by atoms with van der Waals surface area (Å²) in [5.41, 5.74) is 4.56. The Morgan fingerprint density at radius 2 is 1.74 bits per heavy atom. The summed E-state index contributed by atoms with van der Waals surface area (Å²) in [5.74, 6) is 0.494. The highest BCUT2D eigenvalue weighted by Gasteiger charge is 2.18. The molecule has 1 N–H and O–H groups in total. The number of carbonyl (C=O) groups is 1. The van der Waals surface area contributed by atoms with Gasteiger partial charge in [0.1, 0.15) is 17.3 Å². The number of rotatable bonds is 6. The molecule has 0 saturated heterocycles. The molecule has 5 aromatic rings. The monoisotopic (exact) mass is 466 g/mol. The molecule has 7 nitrogen and oxygen atoms in total. The number of hydrogen-bond acceptors (Lipinski definition) is 4. The minimum absolute atomic E-state index is 0.324. The number of aryl methyl sites for hydroxylation is 2. The number of pyridine rings is 1. The summed E-state index contributed by atoms with van der Waals surface area (Å²) in [7, 11) is 0. The first kappa shape index (κ1) is 22.2. The number of nitrogens with zero attached hydrogens (tertiary/aromatic N) is 5. The lowest BCUT2D eigenvalue weighted by atomic mass is 10.1. The first-order valence-electron chi connectivity index (χ1n) is 11.1. The molecule has 0 radical (unpaired) electrons. The zero-order valence-corrected chi connectivity index (χ0v) is 19.3. The summed E-state index contributed by atoms with van der Waals surface area (Å²) in [6.45, 7) is 4.38. The number of carbonyl (C=O) groups excluding carboxylic acids is 1. The lowest BCUT2D eigenvalue weighted by Gasteiger charge is -2.12. The molecule has 3 aromatic heterocycles. The molecular formula is C27H23FN6O. The number of amides is 1. The van der Waals surface area contributed by atoms with E-state index in [9.17, 15) is 9.18 Å². The second-order valence-electron chi connectivity index (χ2n) is 8.26. The van der Waals surface area contributed by atoms with Gasteiger partial charge in [0.15, 0.2) is 5.82 Å². The number of halogens is 1. The van der Waals surface area contributed by atoms with Gasteiger partial charge in [-0.15, -0.1) is 0 Å². The van der Waals surface area contributed by atoms with Crippen molar-refractivity contribution in [3.8, 4) is 17.1 Å². The Bertz CT molecular complexity index is 1470. The van der Waals surface area contributed by atoms with Gasteiger partial charge in [0.2, 0.25) is 0 Å². The summed E-state index contributed by atoms with van der Waals surface area (Å²) >= 11 is 0. The minimum Gasteiger partial charge on any atom is -0.312 e. The molecule has 2 aromatic carbocycles. The molecule has 0 aliphatic heterocycles. The molecular weight excluding hydrogens is 443 g/mol. The number of nitrogens with one attached hydrogen (secondary N) is 1. The number of hydrogen-bond donors (Lipinski definition) is 1. The van der Waals surface area contributed by atoms with E-state index in [-0.39, 0.29) is 11.7 Å². The van der Waals surface area contributed by atoms with E-state index in [1.165, 1.54) is 18.3 Å². The normalized spacial score (nSPS) is 10.9. The third kappa shape index (κ3) is 4.72. The van der Waals surface area contributed by atoms with Crippen LogP contribution < -0.4 is 5.32 Å². The van der Waals surface area contributed by atoms with Crippen LogP contribution in [0.4, 0.5) is 10.2 Å². The Morgan fingerprint density at radius 1 is 0.971 bits per heavy atom. The molecule has 8 heteroatoms. The van der Waals surface area contributed by atoms with Crippen molar-refractivity contribution in [3.63, 3.8) is 0 Å². The van der Waals surface area contributed by atoms with Crippen LogP contribution in [0.3, 0.4) is 0 Å². The fraction of sp³-hybridized carbons (Fsp3) is 0.111. The number of anilines is 1. The molecule has 35 heavy (non-hydrogen) atoms. The van der Waals surface area contributed by atoms with Crippen molar-refractivity contribution in [3.05, 3.63) is 114 Å². The fourth-order valence-electron chi connectivity index (χ4n) is 3.92. The van der Waals surface area contributed by atoms with E-state index in [1.54, 1.807) is 35.3 Å². The lowest BCUT2D eigenvalue weighted by molar-refractivity contribution is 0.102. The second-order valence-corrected chi connectivity index (χ2v) is 8.26. The summed E-state index contributed by atoms with van der Waals surface area (Å²) in [6, 6.07) is 21.4. The zero-order valence-electron chi connectivity index (χ0n) is 19.3. The van der Waals surface area contributed by atoms with Gasteiger partial charge in [-0.3, -0.25) is 4.79 Å². The van der Waals surface area contributed by atoms with Crippen LogP contribution >= 0.6 is 0 Å². The van der Waals surface area contributed by atoms with Gasteiger partial charge in [-0.25, -0.2) is 19.0 Å². The third-order valence-corrected chi connectivity index (χ3v) is 5.62. The first-order valence-corrected chi connectivity index (χ1v) is 11.1. The highest BCUT2D eigenvalue weighted by Crippen LogP contribution is 2.28. The van der Waals surface area contributed by atoms with Gasteiger partial charge >= 0.3 is 0 Å². The largest absolute Gasteiger partial charge is 0.312 e. The third-order valence-electron chi connectivity index (χ3n) is 5.62. The van der Waals surface area contributed by atoms with Crippen LogP contribution in [0.25, 0.3) is 17.1 Å². The van der Waals surface area contributed by atoms with Crippen molar-refractivity contribution in [1.29, 1.82) is 0 Å². The Labute approximate surface area is 201 Å². The molecule has 0 aliphatic rings. The van der Waals surface area contributed by atoms with Crippen molar-refractivity contribution in [2.75, 3.05) is 5.32 Å². The minimum atomic E-state index is -0.336. The quantitative estimate of drug-likeness (QED) is 0.374. The van der Waals surface area contributed by atoms with E-state index in [0.717, 1.165) is 17.0 Å². The van der Waals surface area contributed by atoms with Crippen molar-refractivity contribution in [2.24, 2.45) is 0 Å². The molecule has 1 amide bonds. The van der Waals surface area contributed by atoms with Crippen LogP contribution in [0.1, 0.15) is 27.3 Å². The predicted octanol–water partition coefficient (Wildman–Crippen LogP) is 5.19. The number of benzene rings is 2. The summed E-state index contributed by atoms with van der Waals surface area (Å²) in [4.78, 5) is 22.2. The van der Waals surface area contributed by atoms with E-state index in [4.69, 9.17) is 0 Å². The smallest absolute Gasteiger partial charge is 0.258 e. The Balaban J connectivity index is 1.45. The SMILES string of the molecule is Cc1cc(C)n(-c2ccc(C(=O)Nc3c(-c4ccc(F)cc4)ncn3Cc3ccccc3)cn2)n1. The molecule has 3 heterocycles. The Morgan fingerprint density at radius 3 is 2.40 bits per heavy atom. The van der Waals surface area contributed by atoms with Crippen molar-refractivity contribution < 1.29 is 9.18 Å². The molecule has 0 unspecified atom stereocenters. The molecule has 0 aliphatic carbocycles. The molecule has 0 bridgehead atoms. The van der Waals surface area contributed by atoms with E-state index >= 15 is 0 Å². The Kier molecular flexibility index (Phi) is 5.93. The number of aromatic nitrogens is 5. The van der Waals surface area contributed by atoms with Crippen molar-refractivity contribution >= 4 is 11.7 Å². The molecule has 5 rings (SSSR count). The fourth-order valence-corrected chi connectivity index (χ4v) is 3.92. The lowest BCUT2D eigenvalue weighted by Crippen LogP contribution is -2.16. The summed E-state index contributed by atoms with van der Waals surface area (Å²) in [6.07, 6.45) is 3.20. The van der Waals surface area contributed by atoms with E-state index in [1.807, 2.05) is 54.8 Å². The van der Waals surface area contributed by atoms with Crippen LogP contribution in [0.15, 0.2) is 85.3 Å². The van der Waals surface area contributed by atoms with E-state index in [2.05, 4.69) is 20.4 Å². The van der Waals surface area contributed by atoms with Gasteiger partial charge in [0, 0.05) is 17.5 Å². The van der Waals surface area contributed by atoms with Crippen LogP contribution in [0, 0.1) is 19.7 Å². The highest BCUT2D eigenvalue weighted by molar-refractivity contribution is 6.05. The zero-order chi connectivity index (χ0) is 24.4. The maximum Gasteiger partial charge on any atom is 0.258 e. The van der Waals surface area contributed by atoms with Crippen molar-refractivity contribution in [2.45, 2.75) is 20.4 Å². The van der Waals surface area contributed by atoms with Crippen LogP contribution in [-0.4, -0.2) is 30.2 Å².